The summed E-state index contributed by atoms with van der Waals surface area (Å²) in [6.07, 6.45) is 1.28. The highest BCUT2D eigenvalue weighted by molar-refractivity contribution is 6.31. The minimum Gasteiger partial charge on any atom is -0.397 e. The molecule has 1 aliphatic rings. The number of ether oxygens (including phenoxy) is 1. The van der Waals surface area contributed by atoms with E-state index in [9.17, 15) is 5.11 Å². The van der Waals surface area contributed by atoms with Gasteiger partial charge in [-0.05, 0) is 18.2 Å². The molecule has 0 spiro atoms. The summed E-state index contributed by atoms with van der Waals surface area (Å²) in [6.45, 7) is 1.66. The number of rotatable bonds is 3. The van der Waals surface area contributed by atoms with Gasteiger partial charge in [0.1, 0.15) is 0 Å². The number of halogens is 1. The second-order valence-corrected chi connectivity index (χ2v) is 4.86. The maximum absolute atomic E-state index is 10.3. The Hall–Kier alpha value is -0.970. The molecular weight excluding hydrogens is 240 g/mol. The molecule has 1 saturated heterocycles. The number of hydrogen-bond donors (Lipinski definition) is 3. The van der Waals surface area contributed by atoms with E-state index < -0.39 is 5.60 Å². The van der Waals surface area contributed by atoms with Crippen LogP contribution in [0.2, 0.25) is 5.02 Å². The molecule has 1 fully saturated rings. The van der Waals surface area contributed by atoms with E-state index in [0.717, 1.165) is 5.69 Å². The van der Waals surface area contributed by atoms with Crippen molar-refractivity contribution >= 4 is 23.0 Å². The third kappa shape index (κ3) is 3.25. The summed E-state index contributed by atoms with van der Waals surface area (Å²) < 4.78 is 5.23. The maximum Gasteiger partial charge on any atom is 0.0863 e. The van der Waals surface area contributed by atoms with Crippen molar-refractivity contribution in [2.75, 3.05) is 30.8 Å². The van der Waals surface area contributed by atoms with Crippen LogP contribution in [0.4, 0.5) is 11.4 Å². The van der Waals surface area contributed by atoms with Gasteiger partial charge in [-0.25, -0.2) is 0 Å². The molecule has 1 aliphatic heterocycles. The maximum atomic E-state index is 10.3. The molecule has 0 amide bonds. The fourth-order valence-electron chi connectivity index (χ4n) is 1.87. The van der Waals surface area contributed by atoms with Crippen molar-refractivity contribution in [3.05, 3.63) is 23.2 Å². The van der Waals surface area contributed by atoms with E-state index in [1.807, 2.05) is 0 Å². The van der Waals surface area contributed by atoms with Crippen LogP contribution >= 0.6 is 11.6 Å². The van der Waals surface area contributed by atoms with E-state index in [1.165, 1.54) is 0 Å². The summed E-state index contributed by atoms with van der Waals surface area (Å²) >= 11 is 5.89. The Labute approximate surface area is 106 Å². The van der Waals surface area contributed by atoms with E-state index in [2.05, 4.69) is 5.32 Å². The van der Waals surface area contributed by atoms with Gasteiger partial charge in [0.15, 0.2) is 0 Å². The topological polar surface area (TPSA) is 67.5 Å². The Morgan fingerprint density at radius 2 is 2.12 bits per heavy atom. The summed E-state index contributed by atoms with van der Waals surface area (Å²) in [4.78, 5) is 0. The lowest BCUT2D eigenvalue weighted by atomic mass is 9.94. The zero-order valence-corrected chi connectivity index (χ0v) is 10.3. The lowest BCUT2D eigenvalue weighted by molar-refractivity contribution is -0.0543. The molecule has 0 unspecified atom stereocenters. The standard InChI is InChI=1S/C12H17ClN2O2/c13-9-1-2-10(14)11(7-9)15-8-12(16)3-5-17-6-4-12/h1-2,7,15-16H,3-6,8,14H2. The van der Waals surface area contributed by atoms with Crippen LogP contribution in [0.1, 0.15) is 12.8 Å². The van der Waals surface area contributed by atoms with Crippen LogP contribution in [0.5, 0.6) is 0 Å². The van der Waals surface area contributed by atoms with Crippen molar-refractivity contribution < 1.29 is 9.84 Å². The molecule has 1 aromatic rings. The van der Waals surface area contributed by atoms with Gasteiger partial charge in [-0.2, -0.15) is 0 Å². The van der Waals surface area contributed by atoms with Crippen LogP contribution < -0.4 is 11.1 Å². The van der Waals surface area contributed by atoms with Crippen molar-refractivity contribution in [1.82, 2.24) is 0 Å². The highest BCUT2D eigenvalue weighted by Gasteiger charge is 2.29. The zero-order valence-electron chi connectivity index (χ0n) is 9.58. The van der Waals surface area contributed by atoms with Crippen LogP contribution in [0.3, 0.4) is 0 Å². The average molecular weight is 257 g/mol. The molecule has 0 aromatic heterocycles. The van der Waals surface area contributed by atoms with Gasteiger partial charge in [-0.1, -0.05) is 11.6 Å². The summed E-state index contributed by atoms with van der Waals surface area (Å²) in [6, 6.07) is 5.25. The molecule has 0 saturated carbocycles. The summed E-state index contributed by atoms with van der Waals surface area (Å²) in [5.74, 6) is 0. The monoisotopic (exact) mass is 256 g/mol. The number of anilines is 2. The van der Waals surface area contributed by atoms with Gasteiger partial charge in [0.05, 0.1) is 17.0 Å². The minimum absolute atomic E-state index is 0.459. The van der Waals surface area contributed by atoms with Crippen LogP contribution in [-0.4, -0.2) is 30.5 Å². The molecule has 0 aliphatic carbocycles. The molecule has 5 heteroatoms. The lowest BCUT2D eigenvalue weighted by Gasteiger charge is -2.32. The van der Waals surface area contributed by atoms with E-state index in [1.54, 1.807) is 18.2 Å². The quantitative estimate of drug-likeness (QED) is 0.723. The first kappa shape index (κ1) is 12.5. The van der Waals surface area contributed by atoms with Crippen LogP contribution in [0.15, 0.2) is 18.2 Å². The van der Waals surface area contributed by atoms with Crippen LogP contribution in [-0.2, 0) is 4.74 Å². The molecular formula is C12H17ClN2O2. The Balaban J connectivity index is 1.99. The van der Waals surface area contributed by atoms with Gasteiger partial charge in [-0.15, -0.1) is 0 Å². The summed E-state index contributed by atoms with van der Waals surface area (Å²) in [5, 5.41) is 14.1. The van der Waals surface area contributed by atoms with Crippen molar-refractivity contribution in [3.63, 3.8) is 0 Å². The molecule has 2 rings (SSSR count). The fraction of sp³-hybridized carbons (Fsp3) is 0.500. The smallest absolute Gasteiger partial charge is 0.0863 e. The first-order valence-electron chi connectivity index (χ1n) is 5.68. The second kappa shape index (κ2) is 5.12. The molecule has 1 aromatic carbocycles. The molecule has 4 N–H and O–H groups in total. The van der Waals surface area contributed by atoms with Crippen LogP contribution in [0, 0.1) is 0 Å². The van der Waals surface area contributed by atoms with Gasteiger partial charge in [-0.3, -0.25) is 0 Å². The number of benzene rings is 1. The van der Waals surface area contributed by atoms with Gasteiger partial charge >= 0.3 is 0 Å². The predicted octanol–water partition coefficient (Wildman–Crippen LogP) is 1.88. The lowest BCUT2D eigenvalue weighted by Crippen LogP contribution is -2.42. The van der Waals surface area contributed by atoms with Crippen molar-refractivity contribution in [2.24, 2.45) is 0 Å². The Bertz CT molecular complexity index is 392. The van der Waals surface area contributed by atoms with Gasteiger partial charge in [0.25, 0.3) is 0 Å². The van der Waals surface area contributed by atoms with Crippen molar-refractivity contribution in [1.29, 1.82) is 0 Å². The molecule has 0 atom stereocenters. The largest absolute Gasteiger partial charge is 0.397 e. The first-order chi connectivity index (χ1) is 8.09. The van der Waals surface area contributed by atoms with E-state index in [-0.39, 0.29) is 0 Å². The van der Waals surface area contributed by atoms with Crippen molar-refractivity contribution in [2.45, 2.75) is 18.4 Å². The molecule has 1 heterocycles. The number of nitrogen functional groups attached to an aromatic ring is 1. The molecule has 0 bridgehead atoms. The van der Waals surface area contributed by atoms with Gasteiger partial charge < -0.3 is 20.9 Å². The minimum atomic E-state index is -0.715. The van der Waals surface area contributed by atoms with E-state index >= 15 is 0 Å². The average Bonchev–Trinajstić information content (AvgIpc) is 2.31. The third-order valence-corrected chi connectivity index (χ3v) is 3.28. The SMILES string of the molecule is Nc1ccc(Cl)cc1NCC1(O)CCOCC1. The Kier molecular flexibility index (Phi) is 3.76. The first-order valence-corrected chi connectivity index (χ1v) is 6.06. The Morgan fingerprint density at radius 3 is 2.82 bits per heavy atom. The number of aliphatic hydroxyl groups is 1. The molecule has 94 valence electrons. The molecule has 17 heavy (non-hydrogen) atoms. The van der Waals surface area contributed by atoms with E-state index in [4.69, 9.17) is 22.1 Å². The highest BCUT2D eigenvalue weighted by Crippen LogP contribution is 2.26. The number of nitrogens with two attached hydrogens (primary N) is 1. The molecule has 0 radical (unpaired) electrons. The van der Waals surface area contributed by atoms with Gasteiger partial charge in [0, 0.05) is 37.6 Å². The van der Waals surface area contributed by atoms with E-state index in [0.29, 0.717) is 43.3 Å². The summed E-state index contributed by atoms with van der Waals surface area (Å²) in [5.41, 5.74) is 6.50. The fourth-order valence-corrected chi connectivity index (χ4v) is 2.04. The second-order valence-electron chi connectivity index (χ2n) is 4.42. The zero-order chi connectivity index (χ0) is 12.3. The normalized spacial score (nSPS) is 18.9. The highest BCUT2D eigenvalue weighted by atomic mass is 35.5. The number of nitrogens with one attached hydrogen (secondary N) is 1. The number of hydrogen-bond acceptors (Lipinski definition) is 4. The predicted molar refractivity (Wildman–Crippen MR) is 69.4 cm³/mol. The summed E-state index contributed by atoms with van der Waals surface area (Å²) in [7, 11) is 0. The molecule has 4 nitrogen and oxygen atoms in total. The van der Waals surface area contributed by atoms with Crippen LogP contribution in [0.25, 0.3) is 0 Å². The van der Waals surface area contributed by atoms with Crippen molar-refractivity contribution in [3.8, 4) is 0 Å². The third-order valence-electron chi connectivity index (χ3n) is 3.05. The van der Waals surface area contributed by atoms with Gasteiger partial charge in [0.2, 0.25) is 0 Å². The Morgan fingerprint density at radius 1 is 1.41 bits per heavy atom.